The standard InChI is InChI=1S/C9H12FNO/c1-7(11)6-12-9-5-3-2-4-8(9)10/h2-5,7H,6,11H2,1H3. The van der Waals surface area contributed by atoms with Crippen LogP contribution in [0.4, 0.5) is 4.39 Å². The summed E-state index contributed by atoms with van der Waals surface area (Å²) in [5.74, 6) is -0.0899. The van der Waals surface area contributed by atoms with Crippen molar-refractivity contribution in [2.24, 2.45) is 5.73 Å². The number of halogens is 1. The lowest BCUT2D eigenvalue weighted by Crippen LogP contribution is -2.23. The molecular formula is C9H12FNO. The van der Waals surface area contributed by atoms with Crippen LogP contribution in [0, 0.1) is 5.82 Å². The SMILES string of the molecule is CC(N)COc1ccccc1F. The summed E-state index contributed by atoms with van der Waals surface area (Å²) in [6.07, 6.45) is 0. The largest absolute Gasteiger partial charge is 0.489 e. The zero-order chi connectivity index (χ0) is 8.97. The third-order valence-electron chi connectivity index (χ3n) is 1.34. The minimum absolute atomic E-state index is 0.0791. The lowest BCUT2D eigenvalue weighted by molar-refractivity contribution is 0.282. The zero-order valence-electron chi connectivity index (χ0n) is 6.96. The third kappa shape index (κ3) is 2.51. The Labute approximate surface area is 71.1 Å². The number of para-hydroxylation sites is 1. The van der Waals surface area contributed by atoms with E-state index in [-0.39, 0.29) is 17.6 Å². The van der Waals surface area contributed by atoms with Gasteiger partial charge in [-0.3, -0.25) is 0 Å². The minimum Gasteiger partial charge on any atom is -0.489 e. The Balaban J connectivity index is 2.57. The normalized spacial score (nSPS) is 12.6. The van der Waals surface area contributed by atoms with Gasteiger partial charge in [0, 0.05) is 6.04 Å². The lowest BCUT2D eigenvalue weighted by Gasteiger charge is -2.08. The van der Waals surface area contributed by atoms with E-state index in [0.29, 0.717) is 6.61 Å². The molecule has 1 aromatic rings. The molecule has 0 fully saturated rings. The minimum atomic E-state index is -0.349. The Morgan fingerprint density at radius 1 is 1.50 bits per heavy atom. The van der Waals surface area contributed by atoms with Gasteiger partial charge >= 0.3 is 0 Å². The van der Waals surface area contributed by atoms with Crippen LogP contribution in [0.1, 0.15) is 6.92 Å². The van der Waals surface area contributed by atoms with Gasteiger partial charge in [0.05, 0.1) is 0 Å². The summed E-state index contributed by atoms with van der Waals surface area (Å²) in [6.45, 7) is 2.14. The fraction of sp³-hybridized carbons (Fsp3) is 0.333. The highest BCUT2D eigenvalue weighted by atomic mass is 19.1. The molecule has 1 unspecified atom stereocenters. The molecule has 3 heteroatoms. The Hall–Kier alpha value is -1.09. The van der Waals surface area contributed by atoms with Gasteiger partial charge in [0.2, 0.25) is 0 Å². The van der Waals surface area contributed by atoms with E-state index in [4.69, 9.17) is 10.5 Å². The van der Waals surface area contributed by atoms with E-state index in [1.54, 1.807) is 25.1 Å². The van der Waals surface area contributed by atoms with Crippen molar-refractivity contribution in [2.45, 2.75) is 13.0 Å². The first-order chi connectivity index (χ1) is 5.70. The molecule has 0 aliphatic heterocycles. The van der Waals surface area contributed by atoms with Crippen molar-refractivity contribution in [1.82, 2.24) is 0 Å². The molecular weight excluding hydrogens is 157 g/mol. The molecule has 0 heterocycles. The Bertz CT molecular complexity index is 250. The van der Waals surface area contributed by atoms with Gasteiger partial charge in [-0.05, 0) is 19.1 Å². The number of nitrogens with two attached hydrogens (primary N) is 1. The van der Waals surface area contributed by atoms with Crippen LogP contribution in [0.3, 0.4) is 0 Å². The molecule has 0 spiro atoms. The average molecular weight is 169 g/mol. The molecule has 0 aliphatic carbocycles. The second kappa shape index (κ2) is 4.07. The summed E-state index contributed by atoms with van der Waals surface area (Å²) in [5.41, 5.74) is 5.44. The maximum atomic E-state index is 12.9. The van der Waals surface area contributed by atoms with Crippen molar-refractivity contribution < 1.29 is 9.13 Å². The van der Waals surface area contributed by atoms with Crippen molar-refractivity contribution >= 4 is 0 Å². The van der Waals surface area contributed by atoms with E-state index in [9.17, 15) is 4.39 Å². The van der Waals surface area contributed by atoms with Crippen LogP contribution < -0.4 is 10.5 Å². The van der Waals surface area contributed by atoms with Crippen LogP contribution in [0.25, 0.3) is 0 Å². The summed E-state index contributed by atoms with van der Waals surface area (Å²) < 4.78 is 18.0. The van der Waals surface area contributed by atoms with E-state index in [1.165, 1.54) is 6.07 Å². The molecule has 1 aromatic carbocycles. The fourth-order valence-corrected chi connectivity index (χ4v) is 0.783. The van der Waals surface area contributed by atoms with Crippen LogP contribution in [-0.2, 0) is 0 Å². The predicted molar refractivity (Wildman–Crippen MR) is 45.5 cm³/mol. The monoisotopic (exact) mass is 169 g/mol. The van der Waals surface area contributed by atoms with E-state index in [1.807, 2.05) is 0 Å². The average Bonchev–Trinajstić information content (AvgIpc) is 2.03. The molecule has 12 heavy (non-hydrogen) atoms. The molecule has 1 atom stereocenters. The highest BCUT2D eigenvalue weighted by Crippen LogP contribution is 2.14. The van der Waals surface area contributed by atoms with Crippen molar-refractivity contribution in [3.63, 3.8) is 0 Å². The number of rotatable bonds is 3. The van der Waals surface area contributed by atoms with E-state index >= 15 is 0 Å². The molecule has 2 nitrogen and oxygen atoms in total. The van der Waals surface area contributed by atoms with Gasteiger partial charge in [-0.1, -0.05) is 12.1 Å². The highest BCUT2D eigenvalue weighted by molar-refractivity contribution is 5.23. The molecule has 0 aromatic heterocycles. The van der Waals surface area contributed by atoms with Crippen LogP contribution in [0.15, 0.2) is 24.3 Å². The summed E-state index contributed by atoms with van der Waals surface area (Å²) in [5, 5.41) is 0. The van der Waals surface area contributed by atoms with Gasteiger partial charge in [-0.2, -0.15) is 0 Å². The maximum Gasteiger partial charge on any atom is 0.165 e. The molecule has 0 saturated carbocycles. The number of ether oxygens (including phenoxy) is 1. The van der Waals surface area contributed by atoms with Crippen LogP contribution in [0.2, 0.25) is 0 Å². The molecule has 0 saturated heterocycles. The van der Waals surface area contributed by atoms with E-state index in [2.05, 4.69) is 0 Å². The molecule has 0 aliphatic rings. The van der Waals surface area contributed by atoms with Crippen molar-refractivity contribution in [3.8, 4) is 5.75 Å². The first kappa shape index (κ1) is 9.00. The van der Waals surface area contributed by atoms with Gasteiger partial charge < -0.3 is 10.5 Å². The summed E-state index contributed by atoms with van der Waals surface area (Å²) in [7, 11) is 0. The van der Waals surface area contributed by atoms with Gasteiger partial charge in [0.1, 0.15) is 6.61 Å². The third-order valence-corrected chi connectivity index (χ3v) is 1.34. The smallest absolute Gasteiger partial charge is 0.165 e. The lowest BCUT2D eigenvalue weighted by atomic mass is 10.3. The second-order valence-electron chi connectivity index (χ2n) is 2.72. The first-order valence-corrected chi connectivity index (χ1v) is 3.83. The van der Waals surface area contributed by atoms with Crippen LogP contribution in [-0.4, -0.2) is 12.6 Å². The molecule has 0 bridgehead atoms. The fourth-order valence-electron chi connectivity index (χ4n) is 0.783. The van der Waals surface area contributed by atoms with Gasteiger partial charge in [0.25, 0.3) is 0 Å². The molecule has 2 N–H and O–H groups in total. The molecule has 1 rings (SSSR count). The second-order valence-corrected chi connectivity index (χ2v) is 2.72. The number of hydrogen-bond acceptors (Lipinski definition) is 2. The van der Waals surface area contributed by atoms with Crippen molar-refractivity contribution in [3.05, 3.63) is 30.1 Å². The van der Waals surface area contributed by atoms with E-state index in [0.717, 1.165) is 0 Å². The van der Waals surface area contributed by atoms with Gasteiger partial charge in [0.15, 0.2) is 11.6 Å². The predicted octanol–water partition coefficient (Wildman–Crippen LogP) is 1.55. The van der Waals surface area contributed by atoms with Gasteiger partial charge in [-0.25, -0.2) is 4.39 Å². The number of benzene rings is 1. The van der Waals surface area contributed by atoms with Crippen molar-refractivity contribution in [1.29, 1.82) is 0 Å². The maximum absolute atomic E-state index is 12.9. The van der Waals surface area contributed by atoms with E-state index < -0.39 is 0 Å². The van der Waals surface area contributed by atoms with Crippen molar-refractivity contribution in [2.75, 3.05) is 6.61 Å². The Morgan fingerprint density at radius 3 is 2.75 bits per heavy atom. The quantitative estimate of drug-likeness (QED) is 0.745. The molecule has 0 amide bonds. The summed E-state index contributed by atoms with van der Waals surface area (Å²) in [6, 6.07) is 6.20. The number of hydrogen-bond donors (Lipinski definition) is 1. The first-order valence-electron chi connectivity index (χ1n) is 3.83. The van der Waals surface area contributed by atoms with Crippen LogP contribution >= 0.6 is 0 Å². The summed E-state index contributed by atoms with van der Waals surface area (Å²) in [4.78, 5) is 0. The van der Waals surface area contributed by atoms with Gasteiger partial charge in [-0.15, -0.1) is 0 Å². The van der Waals surface area contributed by atoms with Crippen LogP contribution in [0.5, 0.6) is 5.75 Å². The summed E-state index contributed by atoms with van der Waals surface area (Å²) >= 11 is 0. The zero-order valence-corrected chi connectivity index (χ0v) is 6.96. The highest BCUT2D eigenvalue weighted by Gasteiger charge is 2.01. The Morgan fingerprint density at radius 2 is 2.17 bits per heavy atom. The molecule has 66 valence electrons. The Kier molecular flexibility index (Phi) is 3.05. The topological polar surface area (TPSA) is 35.2 Å². The molecule has 0 radical (unpaired) electrons.